The molecule has 1 unspecified atom stereocenters. The van der Waals surface area contributed by atoms with E-state index in [0.29, 0.717) is 47.2 Å². The zero-order valence-corrected chi connectivity index (χ0v) is 20.4. The van der Waals surface area contributed by atoms with E-state index < -0.39 is 15.3 Å². The average Bonchev–Trinajstić information content (AvgIpc) is 3.20. The molecule has 2 aromatic heterocycles. The van der Waals surface area contributed by atoms with Crippen LogP contribution in [0.4, 0.5) is 0 Å². The van der Waals surface area contributed by atoms with Crippen LogP contribution in [0.15, 0.2) is 30.5 Å². The van der Waals surface area contributed by atoms with Crippen LogP contribution >= 0.6 is 34.5 Å². The first kappa shape index (κ1) is 23.5. The van der Waals surface area contributed by atoms with E-state index in [1.54, 1.807) is 31.3 Å². The summed E-state index contributed by atoms with van der Waals surface area (Å²) in [4.78, 5) is 14.1. The van der Waals surface area contributed by atoms with E-state index >= 15 is 0 Å². The van der Waals surface area contributed by atoms with Crippen LogP contribution < -0.4 is 5.14 Å². The molecule has 1 aromatic carbocycles. The van der Waals surface area contributed by atoms with Gasteiger partial charge in [-0.2, -0.15) is 0 Å². The molecule has 3 aromatic rings. The molecule has 0 spiro atoms. The monoisotopic (exact) mass is 512 g/mol. The highest BCUT2D eigenvalue weighted by molar-refractivity contribution is 7.89. The molecule has 0 radical (unpaired) electrons. The number of nitrogens with two attached hydrogens (primary N) is 1. The summed E-state index contributed by atoms with van der Waals surface area (Å²) in [6.45, 7) is 3.15. The van der Waals surface area contributed by atoms with Crippen molar-refractivity contribution in [2.24, 2.45) is 5.14 Å². The van der Waals surface area contributed by atoms with E-state index in [1.165, 1.54) is 11.3 Å². The molecule has 1 saturated heterocycles. The third-order valence-electron chi connectivity index (χ3n) is 5.47. The lowest BCUT2D eigenvalue weighted by Crippen LogP contribution is -2.21. The van der Waals surface area contributed by atoms with E-state index in [0.717, 1.165) is 22.7 Å². The van der Waals surface area contributed by atoms with Crippen LogP contribution in [0.1, 0.15) is 47.9 Å². The lowest BCUT2D eigenvalue weighted by molar-refractivity contribution is 0.0853. The maximum atomic E-state index is 12.2. The minimum absolute atomic E-state index is 0.134. The maximum absolute atomic E-state index is 12.2. The Hall–Kier alpha value is -1.62. The second kappa shape index (κ2) is 9.70. The Morgan fingerprint density at radius 3 is 2.62 bits per heavy atom. The fourth-order valence-corrected chi connectivity index (χ4v) is 6.68. The molecule has 0 amide bonds. The molecular formula is C21H22Cl2N4O3S2. The number of thiazole rings is 1. The van der Waals surface area contributed by atoms with Crippen LogP contribution in [0.25, 0.3) is 21.8 Å². The van der Waals surface area contributed by atoms with Crippen LogP contribution in [0, 0.1) is 0 Å². The topological polar surface area (TPSA) is 108 Å². The SMILES string of the molecule is CCC(c1cccc(-c2nc(C3CCOCC3)sc2-c2ccnc(Cl)n2)c1Cl)S(N)(=O)=O. The summed E-state index contributed by atoms with van der Waals surface area (Å²) < 4.78 is 29.8. The Morgan fingerprint density at radius 1 is 1.22 bits per heavy atom. The van der Waals surface area contributed by atoms with Crippen molar-refractivity contribution >= 4 is 44.6 Å². The molecule has 0 aliphatic carbocycles. The third-order valence-corrected chi connectivity index (χ3v) is 8.70. The summed E-state index contributed by atoms with van der Waals surface area (Å²) in [5.41, 5.74) is 2.37. The largest absolute Gasteiger partial charge is 0.381 e. The van der Waals surface area contributed by atoms with Gasteiger partial charge in [0.1, 0.15) is 5.25 Å². The molecule has 2 N–H and O–H groups in total. The molecule has 1 fully saturated rings. The van der Waals surface area contributed by atoms with E-state index in [-0.39, 0.29) is 11.2 Å². The van der Waals surface area contributed by atoms with Crippen LogP contribution in [-0.4, -0.2) is 36.6 Å². The molecule has 1 aliphatic rings. The van der Waals surface area contributed by atoms with Gasteiger partial charge in [0.25, 0.3) is 0 Å². The van der Waals surface area contributed by atoms with E-state index in [9.17, 15) is 8.42 Å². The molecular weight excluding hydrogens is 491 g/mol. The van der Waals surface area contributed by atoms with Crippen molar-refractivity contribution in [3.8, 4) is 21.8 Å². The smallest absolute Gasteiger partial charge is 0.222 e. The number of hydrogen-bond acceptors (Lipinski definition) is 7. The quantitative estimate of drug-likeness (QED) is 0.454. The summed E-state index contributed by atoms with van der Waals surface area (Å²) in [6.07, 6.45) is 3.66. The second-order valence-corrected chi connectivity index (χ2v) is 11.0. The normalized spacial score (nSPS) is 16.2. The highest BCUT2D eigenvalue weighted by Crippen LogP contribution is 2.44. The first-order chi connectivity index (χ1) is 15.3. The first-order valence-electron chi connectivity index (χ1n) is 10.2. The van der Waals surface area contributed by atoms with E-state index in [1.807, 2.05) is 6.07 Å². The number of benzene rings is 1. The molecule has 0 saturated carbocycles. The van der Waals surface area contributed by atoms with Crippen molar-refractivity contribution in [1.82, 2.24) is 15.0 Å². The van der Waals surface area contributed by atoms with Crippen LogP contribution in [0.3, 0.4) is 0 Å². The molecule has 170 valence electrons. The number of ether oxygens (including phenoxy) is 1. The Morgan fingerprint density at radius 2 is 1.97 bits per heavy atom. The third kappa shape index (κ3) is 4.83. The molecule has 32 heavy (non-hydrogen) atoms. The highest BCUT2D eigenvalue weighted by atomic mass is 35.5. The van der Waals surface area contributed by atoms with Crippen LogP contribution in [0.2, 0.25) is 10.3 Å². The fourth-order valence-electron chi connectivity index (χ4n) is 3.88. The molecule has 1 aliphatic heterocycles. The van der Waals surface area contributed by atoms with E-state index in [4.69, 9.17) is 38.1 Å². The van der Waals surface area contributed by atoms with Gasteiger partial charge in [-0.3, -0.25) is 0 Å². The number of halogens is 2. The van der Waals surface area contributed by atoms with Gasteiger partial charge < -0.3 is 4.74 Å². The van der Waals surface area contributed by atoms with Crippen molar-refractivity contribution < 1.29 is 13.2 Å². The minimum Gasteiger partial charge on any atom is -0.381 e. The fraction of sp³-hybridized carbons (Fsp3) is 0.381. The van der Waals surface area contributed by atoms with Gasteiger partial charge in [0.05, 0.1) is 26.3 Å². The molecule has 3 heterocycles. The highest BCUT2D eigenvalue weighted by Gasteiger charge is 2.28. The second-order valence-electron chi connectivity index (χ2n) is 7.52. The van der Waals surface area contributed by atoms with Gasteiger partial charge in [-0.25, -0.2) is 28.5 Å². The van der Waals surface area contributed by atoms with Crippen molar-refractivity contribution in [2.75, 3.05) is 13.2 Å². The Balaban J connectivity index is 1.89. The molecule has 1 atom stereocenters. The Bertz CT molecular complexity index is 1230. The number of sulfonamides is 1. The summed E-state index contributed by atoms with van der Waals surface area (Å²) in [6, 6.07) is 7.07. The molecule has 4 rings (SSSR count). The molecule has 11 heteroatoms. The van der Waals surface area contributed by atoms with Gasteiger partial charge >= 0.3 is 0 Å². The number of nitrogens with zero attached hydrogens (tertiary/aromatic N) is 3. The van der Waals surface area contributed by atoms with Gasteiger partial charge in [-0.05, 0) is 42.5 Å². The lowest BCUT2D eigenvalue weighted by Gasteiger charge is -2.19. The number of hydrogen-bond donors (Lipinski definition) is 1. The first-order valence-corrected chi connectivity index (χ1v) is 13.4. The van der Waals surface area contributed by atoms with Crippen LogP contribution in [0.5, 0.6) is 0 Å². The predicted octanol–water partition coefficient (Wildman–Crippen LogP) is 5.21. The number of primary sulfonamides is 1. The van der Waals surface area contributed by atoms with Gasteiger partial charge in [0.2, 0.25) is 15.3 Å². The molecule has 0 bridgehead atoms. The Labute approximate surface area is 201 Å². The summed E-state index contributed by atoms with van der Waals surface area (Å²) in [7, 11) is -3.82. The van der Waals surface area contributed by atoms with Crippen molar-refractivity contribution in [3.05, 3.63) is 51.3 Å². The van der Waals surface area contributed by atoms with Gasteiger partial charge in [-0.1, -0.05) is 36.7 Å². The van der Waals surface area contributed by atoms with Crippen molar-refractivity contribution in [3.63, 3.8) is 0 Å². The van der Waals surface area contributed by atoms with Gasteiger partial charge in [-0.15, -0.1) is 11.3 Å². The zero-order chi connectivity index (χ0) is 22.9. The summed E-state index contributed by atoms with van der Waals surface area (Å²) in [5, 5.41) is 5.99. The summed E-state index contributed by atoms with van der Waals surface area (Å²) in [5.74, 6) is 0.272. The van der Waals surface area contributed by atoms with Crippen LogP contribution in [-0.2, 0) is 14.8 Å². The standard InChI is InChI=1S/C21H22Cl2N4O3S2/c1-2-16(32(24,28)29)13-4-3-5-14(17(13)22)18-19(15-6-9-25-21(23)26-15)31-20(27-18)12-7-10-30-11-8-12/h3-6,9,12,16H,2,7-8,10-11H2,1H3,(H2,24,28,29). The maximum Gasteiger partial charge on any atom is 0.222 e. The molecule has 7 nitrogen and oxygen atoms in total. The predicted molar refractivity (Wildman–Crippen MR) is 128 cm³/mol. The zero-order valence-electron chi connectivity index (χ0n) is 17.3. The van der Waals surface area contributed by atoms with Gasteiger partial charge in [0, 0.05) is 30.9 Å². The number of aromatic nitrogens is 3. The van der Waals surface area contributed by atoms with Crippen molar-refractivity contribution in [1.29, 1.82) is 0 Å². The Kier molecular flexibility index (Phi) is 7.14. The van der Waals surface area contributed by atoms with Gasteiger partial charge in [0.15, 0.2) is 0 Å². The van der Waals surface area contributed by atoms with E-state index in [2.05, 4.69) is 9.97 Å². The number of rotatable bonds is 6. The summed E-state index contributed by atoms with van der Waals surface area (Å²) >= 11 is 14.4. The van der Waals surface area contributed by atoms with Crippen molar-refractivity contribution in [2.45, 2.75) is 37.4 Å². The minimum atomic E-state index is -3.82. The lowest BCUT2D eigenvalue weighted by atomic mass is 10.0. The average molecular weight is 513 g/mol.